The van der Waals surface area contributed by atoms with Crippen LogP contribution in [0.3, 0.4) is 0 Å². The van der Waals surface area contributed by atoms with Crippen molar-refractivity contribution >= 4 is 10.9 Å². The van der Waals surface area contributed by atoms with Crippen LogP contribution in [0.5, 0.6) is 0 Å². The highest BCUT2D eigenvalue weighted by Gasteiger charge is 2.07. The van der Waals surface area contributed by atoms with Gasteiger partial charge in [0.1, 0.15) is 0 Å². The summed E-state index contributed by atoms with van der Waals surface area (Å²) in [6.07, 6.45) is 1.79. The highest BCUT2D eigenvalue weighted by Crippen LogP contribution is 2.23. The number of pyridine rings is 1. The van der Waals surface area contributed by atoms with Gasteiger partial charge < -0.3 is 5.11 Å². The Hall–Kier alpha value is -1.41. The van der Waals surface area contributed by atoms with Crippen LogP contribution in [0.4, 0.5) is 0 Å². The summed E-state index contributed by atoms with van der Waals surface area (Å²) in [7, 11) is 0. The van der Waals surface area contributed by atoms with Crippen LogP contribution in [0, 0.1) is 0 Å². The second kappa shape index (κ2) is 3.76. The van der Waals surface area contributed by atoms with E-state index in [1.807, 2.05) is 37.3 Å². The topological polar surface area (TPSA) is 33.1 Å². The molecular formula is C12H13NO. The molecule has 1 N–H and O–H groups in total. The van der Waals surface area contributed by atoms with Gasteiger partial charge in [-0.2, -0.15) is 0 Å². The first kappa shape index (κ1) is 9.16. The van der Waals surface area contributed by atoms with Gasteiger partial charge in [-0.15, -0.1) is 0 Å². The largest absolute Gasteiger partial charge is 0.396 e. The molecule has 1 heterocycles. The lowest BCUT2D eigenvalue weighted by Crippen LogP contribution is -1.99. The first-order chi connectivity index (χ1) is 6.83. The summed E-state index contributed by atoms with van der Waals surface area (Å²) in [4.78, 5) is 4.28. The normalized spacial score (nSPS) is 13.0. The summed E-state index contributed by atoms with van der Waals surface area (Å²) in [6, 6.07) is 9.99. The van der Waals surface area contributed by atoms with E-state index in [9.17, 15) is 0 Å². The van der Waals surface area contributed by atoms with Gasteiger partial charge in [0.15, 0.2) is 0 Å². The molecule has 0 bridgehead atoms. The number of benzene rings is 1. The minimum absolute atomic E-state index is 0.169. The molecule has 0 unspecified atom stereocenters. The van der Waals surface area contributed by atoms with Gasteiger partial charge in [-0.3, -0.25) is 4.98 Å². The number of hydrogen-bond donors (Lipinski definition) is 1. The molecule has 0 saturated heterocycles. The lowest BCUT2D eigenvalue weighted by Gasteiger charge is -2.10. The van der Waals surface area contributed by atoms with Crippen LogP contribution in [0.2, 0.25) is 0 Å². The monoisotopic (exact) mass is 187 g/mol. The van der Waals surface area contributed by atoms with Gasteiger partial charge in [-0.05, 0) is 17.7 Å². The molecule has 0 aliphatic rings. The maximum absolute atomic E-state index is 9.13. The van der Waals surface area contributed by atoms with Gasteiger partial charge in [-0.25, -0.2) is 0 Å². The number of aromatic nitrogens is 1. The Morgan fingerprint density at radius 1 is 1.29 bits per heavy atom. The number of hydrogen-bond acceptors (Lipinski definition) is 2. The van der Waals surface area contributed by atoms with E-state index < -0.39 is 0 Å². The molecule has 1 aromatic heterocycles. The van der Waals surface area contributed by atoms with Crippen LogP contribution in [-0.2, 0) is 0 Å². The third kappa shape index (κ3) is 1.49. The minimum Gasteiger partial charge on any atom is -0.396 e. The third-order valence-corrected chi connectivity index (χ3v) is 2.48. The molecule has 0 fully saturated rings. The quantitative estimate of drug-likeness (QED) is 0.782. The van der Waals surface area contributed by atoms with Gasteiger partial charge >= 0.3 is 0 Å². The van der Waals surface area contributed by atoms with Gasteiger partial charge in [0.2, 0.25) is 0 Å². The number of rotatable bonds is 2. The zero-order valence-electron chi connectivity index (χ0n) is 8.14. The van der Waals surface area contributed by atoms with Crippen LogP contribution in [0.25, 0.3) is 10.9 Å². The van der Waals surface area contributed by atoms with E-state index in [0.717, 1.165) is 16.5 Å². The van der Waals surface area contributed by atoms with Crippen molar-refractivity contribution in [3.8, 4) is 0 Å². The molecule has 72 valence electrons. The zero-order valence-corrected chi connectivity index (χ0v) is 8.14. The smallest absolute Gasteiger partial charge is 0.0704 e. The van der Waals surface area contributed by atoms with Crippen molar-refractivity contribution in [3.63, 3.8) is 0 Å². The molecule has 0 aliphatic carbocycles. The van der Waals surface area contributed by atoms with Gasteiger partial charge in [0.25, 0.3) is 0 Å². The standard InChI is InChI=1S/C12H13NO/c1-9(8-14)10-4-2-6-12-11(10)5-3-7-13-12/h2-7,9,14H,8H2,1H3/t9-/m0/s1. The van der Waals surface area contributed by atoms with Crippen LogP contribution in [0.15, 0.2) is 36.5 Å². The van der Waals surface area contributed by atoms with E-state index in [0.29, 0.717) is 0 Å². The Morgan fingerprint density at radius 3 is 2.93 bits per heavy atom. The Morgan fingerprint density at radius 2 is 2.14 bits per heavy atom. The summed E-state index contributed by atoms with van der Waals surface area (Å²) in [5.41, 5.74) is 2.16. The molecule has 1 aromatic carbocycles. The fraction of sp³-hybridized carbons (Fsp3) is 0.250. The zero-order chi connectivity index (χ0) is 9.97. The van der Waals surface area contributed by atoms with E-state index in [1.165, 1.54) is 0 Å². The van der Waals surface area contributed by atoms with Crippen molar-refractivity contribution in [2.45, 2.75) is 12.8 Å². The molecule has 0 aliphatic heterocycles. The molecule has 2 heteroatoms. The van der Waals surface area contributed by atoms with E-state index in [4.69, 9.17) is 5.11 Å². The third-order valence-electron chi connectivity index (χ3n) is 2.48. The molecular weight excluding hydrogens is 174 g/mol. The Labute approximate surface area is 83.2 Å². The number of nitrogens with zero attached hydrogens (tertiary/aromatic N) is 1. The van der Waals surface area contributed by atoms with Gasteiger partial charge in [0.05, 0.1) is 5.52 Å². The molecule has 2 rings (SSSR count). The summed E-state index contributed by atoms with van der Waals surface area (Å²) in [5.74, 6) is 0.169. The highest BCUT2D eigenvalue weighted by molar-refractivity contribution is 5.82. The summed E-state index contributed by atoms with van der Waals surface area (Å²) in [6.45, 7) is 2.19. The molecule has 0 spiro atoms. The van der Waals surface area contributed by atoms with E-state index in [2.05, 4.69) is 4.98 Å². The molecule has 2 nitrogen and oxygen atoms in total. The maximum atomic E-state index is 9.13. The van der Waals surface area contributed by atoms with Crippen molar-refractivity contribution in [1.82, 2.24) is 4.98 Å². The predicted molar refractivity (Wildman–Crippen MR) is 57.2 cm³/mol. The second-order valence-electron chi connectivity index (χ2n) is 3.50. The SMILES string of the molecule is C[C@@H](CO)c1cccc2ncccc12. The molecule has 2 aromatic rings. The summed E-state index contributed by atoms with van der Waals surface area (Å²) >= 11 is 0. The van der Waals surface area contributed by atoms with Gasteiger partial charge in [0, 0.05) is 24.1 Å². The van der Waals surface area contributed by atoms with Crippen LogP contribution < -0.4 is 0 Å². The van der Waals surface area contributed by atoms with E-state index in [1.54, 1.807) is 6.20 Å². The highest BCUT2D eigenvalue weighted by atomic mass is 16.3. The lowest BCUT2D eigenvalue weighted by atomic mass is 9.97. The molecule has 1 atom stereocenters. The van der Waals surface area contributed by atoms with E-state index in [-0.39, 0.29) is 12.5 Å². The molecule has 0 amide bonds. The van der Waals surface area contributed by atoms with Crippen molar-refractivity contribution in [2.24, 2.45) is 0 Å². The molecule has 14 heavy (non-hydrogen) atoms. The fourth-order valence-electron chi connectivity index (χ4n) is 1.66. The van der Waals surface area contributed by atoms with Crippen molar-refractivity contribution in [2.75, 3.05) is 6.61 Å². The first-order valence-electron chi connectivity index (χ1n) is 4.77. The first-order valence-corrected chi connectivity index (χ1v) is 4.77. The van der Waals surface area contributed by atoms with Crippen LogP contribution >= 0.6 is 0 Å². The van der Waals surface area contributed by atoms with Crippen molar-refractivity contribution in [1.29, 1.82) is 0 Å². The lowest BCUT2D eigenvalue weighted by molar-refractivity contribution is 0.273. The predicted octanol–water partition coefficient (Wildman–Crippen LogP) is 2.33. The average Bonchev–Trinajstić information content (AvgIpc) is 2.27. The second-order valence-corrected chi connectivity index (χ2v) is 3.50. The van der Waals surface area contributed by atoms with Crippen LogP contribution in [0.1, 0.15) is 18.4 Å². The average molecular weight is 187 g/mol. The number of fused-ring (bicyclic) bond motifs is 1. The number of aliphatic hydroxyl groups is 1. The van der Waals surface area contributed by atoms with Crippen molar-refractivity contribution in [3.05, 3.63) is 42.1 Å². The van der Waals surface area contributed by atoms with Crippen molar-refractivity contribution < 1.29 is 5.11 Å². The number of aliphatic hydroxyl groups excluding tert-OH is 1. The van der Waals surface area contributed by atoms with E-state index >= 15 is 0 Å². The Bertz CT molecular complexity index is 434. The van der Waals surface area contributed by atoms with Crippen LogP contribution in [-0.4, -0.2) is 16.7 Å². The fourth-order valence-corrected chi connectivity index (χ4v) is 1.66. The molecule has 0 radical (unpaired) electrons. The summed E-state index contributed by atoms with van der Waals surface area (Å²) < 4.78 is 0. The Balaban J connectivity index is 2.65. The van der Waals surface area contributed by atoms with Gasteiger partial charge in [-0.1, -0.05) is 25.1 Å². The Kier molecular flexibility index (Phi) is 2.46. The molecule has 0 saturated carbocycles. The maximum Gasteiger partial charge on any atom is 0.0704 e. The minimum atomic E-state index is 0.169. The summed E-state index contributed by atoms with van der Waals surface area (Å²) in [5, 5.41) is 10.3.